The van der Waals surface area contributed by atoms with Crippen LogP contribution < -0.4 is 5.32 Å². The molecular weight excluding hydrogens is 220 g/mol. The molecule has 1 aromatic rings. The zero-order valence-electron chi connectivity index (χ0n) is 10.3. The Morgan fingerprint density at radius 3 is 3.00 bits per heavy atom. The summed E-state index contributed by atoms with van der Waals surface area (Å²) in [4.78, 5) is 17.8. The van der Waals surface area contributed by atoms with Gasteiger partial charge in [-0.25, -0.2) is 0 Å². The Morgan fingerprint density at radius 2 is 2.41 bits per heavy atom. The number of carbonyl (C=O) groups excluding carboxylic acids is 1. The van der Waals surface area contributed by atoms with E-state index in [0.717, 1.165) is 25.8 Å². The van der Waals surface area contributed by atoms with Gasteiger partial charge >= 0.3 is 0 Å². The fourth-order valence-electron chi connectivity index (χ4n) is 2.02. The third kappa shape index (κ3) is 3.03. The summed E-state index contributed by atoms with van der Waals surface area (Å²) in [5, 5.41) is 7.02. The third-order valence-electron chi connectivity index (χ3n) is 2.93. The molecule has 1 fully saturated rings. The molecule has 1 amide bonds. The van der Waals surface area contributed by atoms with E-state index in [1.54, 1.807) is 18.9 Å². The van der Waals surface area contributed by atoms with Crippen LogP contribution in [0.2, 0.25) is 0 Å². The van der Waals surface area contributed by atoms with E-state index >= 15 is 0 Å². The second-order valence-electron chi connectivity index (χ2n) is 4.43. The average molecular weight is 238 g/mol. The van der Waals surface area contributed by atoms with Gasteiger partial charge in [0.05, 0.1) is 12.6 Å². The molecule has 2 heterocycles. The number of carbonyl (C=O) groups is 1. The zero-order valence-corrected chi connectivity index (χ0v) is 10.3. The largest absolute Gasteiger partial charge is 0.340 e. The van der Waals surface area contributed by atoms with Crippen LogP contribution in [0.4, 0.5) is 0 Å². The Morgan fingerprint density at radius 1 is 1.59 bits per heavy atom. The summed E-state index contributed by atoms with van der Waals surface area (Å²) >= 11 is 0. The van der Waals surface area contributed by atoms with Crippen LogP contribution in [0.5, 0.6) is 0 Å². The van der Waals surface area contributed by atoms with Gasteiger partial charge in [-0.05, 0) is 19.4 Å². The molecule has 0 aromatic carbocycles. The lowest BCUT2D eigenvalue weighted by Gasteiger charge is -2.26. The first-order valence-corrected chi connectivity index (χ1v) is 5.94. The van der Waals surface area contributed by atoms with Crippen molar-refractivity contribution >= 4 is 5.91 Å². The molecule has 6 nitrogen and oxygen atoms in total. The van der Waals surface area contributed by atoms with E-state index in [9.17, 15) is 4.79 Å². The van der Waals surface area contributed by atoms with Gasteiger partial charge in [-0.15, -0.1) is 0 Å². The summed E-state index contributed by atoms with van der Waals surface area (Å²) in [5.41, 5.74) is 0. The van der Waals surface area contributed by atoms with Crippen molar-refractivity contribution in [1.29, 1.82) is 0 Å². The lowest BCUT2D eigenvalue weighted by atomic mass is 10.0. The minimum Gasteiger partial charge on any atom is -0.340 e. The van der Waals surface area contributed by atoms with E-state index < -0.39 is 0 Å². The van der Waals surface area contributed by atoms with E-state index in [1.165, 1.54) is 0 Å². The number of nitrogens with one attached hydrogen (secondary N) is 1. The van der Waals surface area contributed by atoms with Gasteiger partial charge in [0, 0.05) is 14.0 Å². The maximum atomic E-state index is 12.1. The minimum atomic E-state index is -0.0539. The molecule has 1 aliphatic rings. The standard InChI is InChI=1S/C11H18N4O2/c1-8-13-10(14-17-8)7-15(2)11(16)9-5-3-4-6-12-9/h9,12H,3-7H2,1-2H3. The van der Waals surface area contributed by atoms with E-state index in [4.69, 9.17) is 4.52 Å². The number of hydrogen-bond acceptors (Lipinski definition) is 5. The molecule has 1 unspecified atom stereocenters. The van der Waals surface area contributed by atoms with Gasteiger partial charge in [0.2, 0.25) is 11.8 Å². The van der Waals surface area contributed by atoms with Gasteiger partial charge in [-0.3, -0.25) is 4.79 Å². The van der Waals surface area contributed by atoms with Gasteiger partial charge in [-0.1, -0.05) is 11.6 Å². The number of piperidine rings is 1. The molecule has 0 radical (unpaired) electrons. The number of likely N-dealkylation sites (N-methyl/N-ethyl adjacent to an activating group) is 1. The first-order chi connectivity index (χ1) is 8.16. The van der Waals surface area contributed by atoms with Crippen LogP contribution in [0.25, 0.3) is 0 Å². The van der Waals surface area contributed by atoms with Crippen LogP contribution in [0, 0.1) is 6.92 Å². The van der Waals surface area contributed by atoms with Crippen LogP contribution >= 0.6 is 0 Å². The summed E-state index contributed by atoms with van der Waals surface area (Å²) in [6.07, 6.45) is 3.17. The summed E-state index contributed by atoms with van der Waals surface area (Å²) in [7, 11) is 1.77. The lowest BCUT2D eigenvalue weighted by molar-refractivity contribution is -0.133. The van der Waals surface area contributed by atoms with Crippen LogP contribution in [-0.2, 0) is 11.3 Å². The van der Waals surface area contributed by atoms with Crippen molar-refractivity contribution in [3.05, 3.63) is 11.7 Å². The number of aryl methyl sites for hydroxylation is 1. The fraction of sp³-hybridized carbons (Fsp3) is 0.727. The summed E-state index contributed by atoms with van der Waals surface area (Å²) < 4.78 is 4.88. The monoisotopic (exact) mass is 238 g/mol. The van der Waals surface area contributed by atoms with Crippen molar-refractivity contribution in [2.75, 3.05) is 13.6 Å². The first kappa shape index (κ1) is 12.0. The molecule has 94 valence electrons. The number of aromatic nitrogens is 2. The van der Waals surface area contributed by atoms with Crippen LogP contribution in [0.3, 0.4) is 0 Å². The Kier molecular flexibility index (Phi) is 3.73. The van der Waals surface area contributed by atoms with Gasteiger partial charge in [0.15, 0.2) is 5.82 Å². The Labute approximate surface area is 100 Å². The van der Waals surface area contributed by atoms with E-state index in [0.29, 0.717) is 18.3 Å². The molecule has 1 saturated heterocycles. The quantitative estimate of drug-likeness (QED) is 0.829. The third-order valence-corrected chi connectivity index (χ3v) is 2.93. The van der Waals surface area contributed by atoms with Crippen LogP contribution in [0.15, 0.2) is 4.52 Å². The van der Waals surface area contributed by atoms with Crippen molar-refractivity contribution in [2.24, 2.45) is 0 Å². The first-order valence-electron chi connectivity index (χ1n) is 5.94. The predicted octanol–water partition coefficient (Wildman–Crippen LogP) is 0.479. The molecule has 1 N–H and O–H groups in total. The molecule has 1 aromatic heterocycles. The maximum absolute atomic E-state index is 12.1. The minimum absolute atomic E-state index is 0.0539. The molecule has 17 heavy (non-hydrogen) atoms. The second-order valence-corrected chi connectivity index (χ2v) is 4.43. The SMILES string of the molecule is Cc1nc(CN(C)C(=O)C2CCCCN2)no1. The maximum Gasteiger partial charge on any atom is 0.239 e. The summed E-state index contributed by atoms with van der Waals surface area (Å²) in [6.45, 7) is 3.06. The highest BCUT2D eigenvalue weighted by molar-refractivity contribution is 5.81. The topological polar surface area (TPSA) is 71.3 Å². The van der Waals surface area contributed by atoms with Crippen LogP contribution in [0.1, 0.15) is 31.0 Å². The molecule has 0 aliphatic carbocycles. The van der Waals surface area contributed by atoms with Gasteiger partial charge in [0.1, 0.15) is 0 Å². The Balaban J connectivity index is 1.90. The summed E-state index contributed by atoms with van der Waals surface area (Å²) in [6, 6.07) is -0.0539. The number of rotatable bonds is 3. The van der Waals surface area contributed by atoms with Crippen molar-refractivity contribution in [2.45, 2.75) is 38.8 Å². The summed E-state index contributed by atoms with van der Waals surface area (Å²) in [5.74, 6) is 1.18. The predicted molar refractivity (Wildman–Crippen MR) is 61.2 cm³/mol. The molecule has 6 heteroatoms. The van der Waals surface area contributed by atoms with Gasteiger partial charge < -0.3 is 14.7 Å². The molecular formula is C11H18N4O2. The van der Waals surface area contributed by atoms with E-state index in [2.05, 4.69) is 15.5 Å². The molecule has 1 aliphatic heterocycles. The highest BCUT2D eigenvalue weighted by Crippen LogP contribution is 2.10. The zero-order chi connectivity index (χ0) is 12.3. The van der Waals surface area contributed by atoms with Gasteiger partial charge in [0.25, 0.3) is 0 Å². The van der Waals surface area contributed by atoms with Crippen molar-refractivity contribution < 1.29 is 9.32 Å². The van der Waals surface area contributed by atoms with Crippen molar-refractivity contribution in [3.8, 4) is 0 Å². The van der Waals surface area contributed by atoms with Gasteiger partial charge in [-0.2, -0.15) is 4.98 Å². The molecule has 2 rings (SSSR count). The van der Waals surface area contributed by atoms with Crippen molar-refractivity contribution in [3.63, 3.8) is 0 Å². The molecule has 0 saturated carbocycles. The normalized spacial score (nSPS) is 20.2. The Hall–Kier alpha value is -1.43. The Bertz CT molecular complexity index is 385. The number of nitrogens with zero attached hydrogens (tertiary/aromatic N) is 3. The smallest absolute Gasteiger partial charge is 0.239 e. The number of amides is 1. The fourth-order valence-corrected chi connectivity index (χ4v) is 2.02. The highest BCUT2D eigenvalue weighted by atomic mass is 16.5. The lowest BCUT2D eigenvalue weighted by Crippen LogP contribution is -2.47. The number of hydrogen-bond donors (Lipinski definition) is 1. The highest BCUT2D eigenvalue weighted by Gasteiger charge is 2.24. The molecule has 1 atom stereocenters. The van der Waals surface area contributed by atoms with Crippen LogP contribution in [-0.4, -0.2) is 40.6 Å². The second kappa shape index (κ2) is 5.27. The molecule has 0 bridgehead atoms. The molecule has 0 spiro atoms. The van der Waals surface area contributed by atoms with Crippen molar-refractivity contribution in [1.82, 2.24) is 20.4 Å². The van der Waals surface area contributed by atoms with E-state index in [-0.39, 0.29) is 11.9 Å². The average Bonchev–Trinajstić information content (AvgIpc) is 2.75. The van der Waals surface area contributed by atoms with E-state index in [1.807, 2.05) is 0 Å².